The number of halogens is 2. The topological polar surface area (TPSA) is 63.3 Å². The summed E-state index contributed by atoms with van der Waals surface area (Å²) in [5.74, 6) is 0. The summed E-state index contributed by atoms with van der Waals surface area (Å²) in [5.41, 5.74) is 5.63. The molecule has 1 unspecified atom stereocenters. The number of hydrogen-bond acceptors (Lipinski definition) is 2. The van der Waals surface area contributed by atoms with Gasteiger partial charge in [0.1, 0.15) is 6.17 Å². The Morgan fingerprint density at radius 2 is 2.00 bits per heavy atom. The molecule has 5 heteroatoms. The molecule has 0 bridgehead atoms. The lowest BCUT2D eigenvalue weighted by Gasteiger charge is -2.16. The first kappa shape index (κ1) is 12.9. The maximum absolute atomic E-state index is 13.8. The molecular weight excluding hydrogens is 233 g/mol. The van der Waals surface area contributed by atoms with Crippen molar-refractivity contribution in [2.75, 3.05) is 0 Å². The number of rotatable bonds is 2. The summed E-state index contributed by atoms with van der Waals surface area (Å²) in [5, 5.41) is 7.35. The smallest absolute Gasteiger partial charge is 0.290 e. The Morgan fingerprint density at radius 3 is 2.44 bits per heavy atom. The molecule has 0 heterocycles. The summed E-state index contributed by atoms with van der Waals surface area (Å²) >= 11 is 5.86. The summed E-state index contributed by atoms with van der Waals surface area (Å²) in [6.07, 6.45) is 0.375. The number of nitrogens with two attached hydrogens (primary N) is 1. The van der Waals surface area contributed by atoms with Gasteiger partial charge >= 0.3 is 0 Å². The van der Waals surface area contributed by atoms with E-state index in [1.165, 1.54) is 0 Å². The molecule has 1 aliphatic rings. The Morgan fingerprint density at radius 1 is 1.50 bits per heavy atom. The van der Waals surface area contributed by atoms with Gasteiger partial charge in [0.15, 0.2) is 0 Å². The van der Waals surface area contributed by atoms with Gasteiger partial charge in [-0.05, 0) is 18.9 Å². The molecule has 0 saturated heterocycles. The average molecular weight is 246 g/mol. The highest BCUT2D eigenvalue weighted by molar-refractivity contribution is 6.31. The Kier molecular flexibility index (Phi) is 4.26. The van der Waals surface area contributed by atoms with Crippen LogP contribution in [0.4, 0.5) is 4.39 Å². The van der Waals surface area contributed by atoms with Gasteiger partial charge in [-0.2, -0.15) is 0 Å². The van der Waals surface area contributed by atoms with Crippen LogP contribution in [0.1, 0.15) is 24.6 Å². The molecule has 0 amide bonds. The summed E-state index contributed by atoms with van der Waals surface area (Å²) < 4.78 is 13.8. The van der Waals surface area contributed by atoms with Gasteiger partial charge in [-0.25, -0.2) is 4.39 Å². The van der Waals surface area contributed by atoms with Crippen LogP contribution >= 0.6 is 11.6 Å². The van der Waals surface area contributed by atoms with Gasteiger partial charge in [-0.1, -0.05) is 29.8 Å². The minimum Gasteiger partial charge on any atom is -0.483 e. The Labute approximate surface area is 98.0 Å². The first-order valence-electron chi connectivity index (χ1n) is 4.80. The molecule has 3 nitrogen and oxygen atoms in total. The molecule has 1 aromatic rings. The largest absolute Gasteiger partial charge is 0.483 e. The van der Waals surface area contributed by atoms with E-state index in [0.29, 0.717) is 10.6 Å². The van der Waals surface area contributed by atoms with E-state index in [9.17, 15) is 4.39 Å². The standard InChI is InChI=1S/C10H11ClFN.CH2O2/c11-8-4-2-1-3-7(8)9(12)10(13)5-6-10;2-1-3/h1-4,9H,5-6,13H2;1H,(H,2,3). The van der Waals surface area contributed by atoms with Crippen molar-refractivity contribution in [1.29, 1.82) is 0 Å². The molecule has 1 atom stereocenters. The molecule has 1 aliphatic carbocycles. The predicted molar refractivity (Wildman–Crippen MR) is 60.1 cm³/mol. The maximum atomic E-state index is 13.8. The van der Waals surface area contributed by atoms with Gasteiger partial charge in [-0.3, -0.25) is 4.79 Å². The fourth-order valence-corrected chi connectivity index (χ4v) is 1.62. The second-order valence-corrected chi connectivity index (χ2v) is 4.13. The third-order valence-corrected chi connectivity index (χ3v) is 2.85. The number of alkyl halides is 1. The Balaban J connectivity index is 0.000000386. The zero-order valence-corrected chi connectivity index (χ0v) is 9.32. The predicted octanol–water partition coefficient (Wildman–Crippen LogP) is 2.54. The van der Waals surface area contributed by atoms with Crippen molar-refractivity contribution < 1.29 is 14.3 Å². The molecule has 0 spiro atoms. The summed E-state index contributed by atoms with van der Waals surface area (Å²) in [6.45, 7) is -0.250. The van der Waals surface area contributed by atoms with Crippen LogP contribution in [0.3, 0.4) is 0 Å². The molecule has 16 heavy (non-hydrogen) atoms. The first-order chi connectivity index (χ1) is 7.55. The minimum absolute atomic E-state index is 0.250. The van der Waals surface area contributed by atoms with Crippen LogP contribution in [-0.2, 0) is 4.79 Å². The Hall–Kier alpha value is -1.13. The zero-order chi connectivity index (χ0) is 12.2. The number of carboxylic acid groups (broad SMARTS) is 1. The van der Waals surface area contributed by atoms with E-state index in [-0.39, 0.29) is 6.47 Å². The van der Waals surface area contributed by atoms with Gasteiger partial charge in [0.25, 0.3) is 6.47 Å². The molecule has 88 valence electrons. The molecule has 0 aliphatic heterocycles. The van der Waals surface area contributed by atoms with Crippen LogP contribution < -0.4 is 5.73 Å². The van der Waals surface area contributed by atoms with Crippen LogP contribution in [0.15, 0.2) is 24.3 Å². The van der Waals surface area contributed by atoms with Gasteiger partial charge in [-0.15, -0.1) is 0 Å². The van der Waals surface area contributed by atoms with E-state index in [4.69, 9.17) is 27.2 Å². The van der Waals surface area contributed by atoms with E-state index in [1.807, 2.05) is 0 Å². The highest BCUT2D eigenvalue weighted by Crippen LogP contribution is 2.47. The lowest BCUT2D eigenvalue weighted by Crippen LogP contribution is -2.28. The molecule has 0 aromatic heterocycles. The fourth-order valence-electron chi connectivity index (χ4n) is 1.39. The quantitative estimate of drug-likeness (QED) is 0.787. The molecule has 2 rings (SSSR count). The van der Waals surface area contributed by atoms with Crippen LogP contribution in [-0.4, -0.2) is 17.1 Å². The van der Waals surface area contributed by atoms with Gasteiger partial charge in [0, 0.05) is 10.6 Å². The SMILES string of the molecule is NC1(C(F)c2ccccc2Cl)CC1.O=CO. The molecule has 1 aromatic carbocycles. The first-order valence-corrected chi connectivity index (χ1v) is 5.18. The summed E-state index contributed by atoms with van der Waals surface area (Å²) in [7, 11) is 0. The van der Waals surface area contributed by atoms with Crippen LogP contribution in [0.25, 0.3) is 0 Å². The van der Waals surface area contributed by atoms with Crippen LogP contribution in [0, 0.1) is 0 Å². The summed E-state index contributed by atoms with van der Waals surface area (Å²) in [4.78, 5) is 8.36. The van der Waals surface area contributed by atoms with Crippen molar-refractivity contribution >= 4 is 18.1 Å². The van der Waals surface area contributed by atoms with E-state index >= 15 is 0 Å². The fraction of sp³-hybridized carbons (Fsp3) is 0.364. The van der Waals surface area contributed by atoms with Gasteiger partial charge in [0.2, 0.25) is 0 Å². The summed E-state index contributed by atoms with van der Waals surface area (Å²) in [6, 6.07) is 6.95. The normalized spacial score (nSPS) is 17.9. The van der Waals surface area contributed by atoms with Gasteiger partial charge < -0.3 is 10.8 Å². The van der Waals surface area contributed by atoms with E-state index in [2.05, 4.69) is 0 Å². The molecule has 1 fully saturated rings. The van der Waals surface area contributed by atoms with Crippen molar-refractivity contribution in [3.63, 3.8) is 0 Å². The van der Waals surface area contributed by atoms with E-state index in [1.54, 1.807) is 24.3 Å². The lowest BCUT2D eigenvalue weighted by atomic mass is 10.0. The maximum Gasteiger partial charge on any atom is 0.290 e. The highest BCUT2D eigenvalue weighted by atomic mass is 35.5. The third kappa shape index (κ3) is 2.93. The second kappa shape index (κ2) is 5.27. The zero-order valence-electron chi connectivity index (χ0n) is 8.57. The second-order valence-electron chi connectivity index (χ2n) is 3.72. The molecule has 1 saturated carbocycles. The van der Waals surface area contributed by atoms with Crippen molar-refractivity contribution in [2.24, 2.45) is 5.73 Å². The van der Waals surface area contributed by atoms with Crippen molar-refractivity contribution in [3.8, 4) is 0 Å². The molecular formula is C11H13ClFNO2. The van der Waals surface area contributed by atoms with Crippen LogP contribution in [0.2, 0.25) is 5.02 Å². The number of benzene rings is 1. The van der Waals surface area contributed by atoms with E-state index < -0.39 is 11.7 Å². The monoisotopic (exact) mass is 245 g/mol. The van der Waals surface area contributed by atoms with Crippen molar-refractivity contribution in [2.45, 2.75) is 24.6 Å². The highest BCUT2D eigenvalue weighted by Gasteiger charge is 2.47. The average Bonchev–Trinajstić information content (AvgIpc) is 2.99. The third-order valence-electron chi connectivity index (χ3n) is 2.51. The number of carbonyl (C=O) groups is 1. The van der Waals surface area contributed by atoms with Gasteiger partial charge in [0.05, 0.1) is 5.54 Å². The van der Waals surface area contributed by atoms with E-state index in [0.717, 1.165) is 12.8 Å². The molecule has 3 N–H and O–H groups in total. The van der Waals surface area contributed by atoms with Crippen molar-refractivity contribution in [1.82, 2.24) is 0 Å². The van der Waals surface area contributed by atoms with Crippen LogP contribution in [0.5, 0.6) is 0 Å². The molecule has 0 radical (unpaired) electrons. The lowest BCUT2D eigenvalue weighted by molar-refractivity contribution is -0.122. The Bertz CT molecular complexity index is 369. The van der Waals surface area contributed by atoms with Crippen molar-refractivity contribution in [3.05, 3.63) is 34.9 Å². The minimum atomic E-state index is -1.12. The number of hydrogen-bond donors (Lipinski definition) is 2.